The standard InChI is InChI=1S/C15H11ClN2O/c16-12-8-6-10(7-9-12)13-14(19-18-15(13)17)11-4-2-1-3-5-11/h1-9H,(H2,17,18). The molecule has 3 nitrogen and oxygen atoms in total. The second-order valence-electron chi connectivity index (χ2n) is 4.14. The van der Waals surface area contributed by atoms with Gasteiger partial charge in [-0.3, -0.25) is 0 Å². The first-order valence-electron chi connectivity index (χ1n) is 5.82. The molecule has 0 atom stereocenters. The summed E-state index contributed by atoms with van der Waals surface area (Å²) in [4.78, 5) is 0. The Morgan fingerprint density at radius 1 is 0.895 bits per heavy atom. The van der Waals surface area contributed by atoms with Gasteiger partial charge >= 0.3 is 0 Å². The number of nitrogen functional groups attached to an aromatic ring is 1. The van der Waals surface area contributed by atoms with E-state index in [-0.39, 0.29) is 0 Å². The van der Waals surface area contributed by atoms with Gasteiger partial charge in [0, 0.05) is 10.6 Å². The molecule has 0 amide bonds. The molecule has 3 rings (SSSR count). The van der Waals surface area contributed by atoms with Crippen molar-refractivity contribution >= 4 is 17.4 Å². The molecule has 94 valence electrons. The van der Waals surface area contributed by atoms with Crippen LogP contribution in [0.25, 0.3) is 22.5 Å². The van der Waals surface area contributed by atoms with E-state index in [2.05, 4.69) is 5.16 Å². The quantitative estimate of drug-likeness (QED) is 0.757. The van der Waals surface area contributed by atoms with Gasteiger partial charge in [-0.2, -0.15) is 0 Å². The van der Waals surface area contributed by atoms with Gasteiger partial charge < -0.3 is 10.3 Å². The molecule has 0 aliphatic rings. The van der Waals surface area contributed by atoms with Crippen molar-refractivity contribution < 1.29 is 4.52 Å². The number of halogens is 1. The van der Waals surface area contributed by atoms with Crippen LogP contribution in [0.4, 0.5) is 5.82 Å². The molecule has 0 fully saturated rings. The van der Waals surface area contributed by atoms with Gasteiger partial charge in [-0.25, -0.2) is 0 Å². The molecule has 4 heteroatoms. The SMILES string of the molecule is Nc1noc(-c2ccccc2)c1-c1ccc(Cl)cc1. The maximum Gasteiger partial charge on any atom is 0.176 e. The average molecular weight is 271 g/mol. The van der Waals surface area contributed by atoms with Crippen LogP contribution in [-0.2, 0) is 0 Å². The van der Waals surface area contributed by atoms with Crippen LogP contribution in [0.1, 0.15) is 0 Å². The Hall–Kier alpha value is -2.26. The van der Waals surface area contributed by atoms with E-state index >= 15 is 0 Å². The van der Waals surface area contributed by atoms with Crippen LogP contribution in [0.3, 0.4) is 0 Å². The number of hydrogen-bond donors (Lipinski definition) is 1. The highest BCUT2D eigenvalue weighted by Gasteiger charge is 2.17. The summed E-state index contributed by atoms with van der Waals surface area (Å²) in [5.74, 6) is 1.04. The van der Waals surface area contributed by atoms with Crippen molar-refractivity contribution in [2.24, 2.45) is 0 Å². The minimum Gasteiger partial charge on any atom is -0.380 e. The van der Waals surface area contributed by atoms with Gasteiger partial charge in [-0.05, 0) is 17.7 Å². The first-order valence-corrected chi connectivity index (χ1v) is 6.20. The molecule has 1 heterocycles. The zero-order valence-corrected chi connectivity index (χ0v) is 10.8. The third-order valence-corrected chi connectivity index (χ3v) is 3.14. The summed E-state index contributed by atoms with van der Waals surface area (Å²) in [5.41, 5.74) is 8.58. The lowest BCUT2D eigenvalue weighted by atomic mass is 10.0. The van der Waals surface area contributed by atoms with Crippen LogP contribution >= 0.6 is 11.6 Å². The molecule has 0 radical (unpaired) electrons. The first kappa shape index (κ1) is 11.8. The number of anilines is 1. The molecule has 0 bridgehead atoms. The summed E-state index contributed by atoms with van der Waals surface area (Å²) in [6.45, 7) is 0. The Balaban J connectivity index is 2.17. The number of nitrogens with zero attached hydrogens (tertiary/aromatic N) is 1. The summed E-state index contributed by atoms with van der Waals surface area (Å²) in [6, 6.07) is 17.2. The second-order valence-corrected chi connectivity index (χ2v) is 4.58. The van der Waals surface area contributed by atoms with Crippen molar-refractivity contribution in [3.63, 3.8) is 0 Å². The normalized spacial score (nSPS) is 10.6. The maximum atomic E-state index is 5.91. The van der Waals surface area contributed by atoms with Crippen LogP contribution < -0.4 is 5.73 Å². The molecule has 3 aromatic rings. The van der Waals surface area contributed by atoms with E-state index in [0.29, 0.717) is 16.6 Å². The predicted octanol–water partition coefficient (Wildman–Crippen LogP) is 4.24. The molecule has 2 aromatic carbocycles. The maximum absolute atomic E-state index is 5.91. The van der Waals surface area contributed by atoms with Crippen molar-refractivity contribution in [2.75, 3.05) is 5.73 Å². The van der Waals surface area contributed by atoms with Crippen LogP contribution in [0.15, 0.2) is 59.1 Å². The Morgan fingerprint density at radius 3 is 2.26 bits per heavy atom. The van der Waals surface area contributed by atoms with Crippen molar-refractivity contribution in [3.05, 3.63) is 59.6 Å². The molecule has 19 heavy (non-hydrogen) atoms. The molecule has 0 saturated heterocycles. The van der Waals surface area contributed by atoms with E-state index in [4.69, 9.17) is 21.9 Å². The lowest BCUT2D eigenvalue weighted by molar-refractivity contribution is 0.436. The van der Waals surface area contributed by atoms with E-state index in [1.807, 2.05) is 54.6 Å². The third-order valence-electron chi connectivity index (χ3n) is 2.89. The molecular weight excluding hydrogens is 260 g/mol. The van der Waals surface area contributed by atoms with E-state index < -0.39 is 0 Å². The van der Waals surface area contributed by atoms with Crippen LogP contribution in [0.5, 0.6) is 0 Å². The first-order chi connectivity index (χ1) is 9.25. The van der Waals surface area contributed by atoms with Crippen LogP contribution in [-0.4, -0.2) is 5.16 Å². The summed E-state index contributed by atoms with van der Waals surface area (Å²) < 4.78 is 5.36. The van der Waals surface area contributed by atoms with Gasteiger partial charge in [0.15, 0.2) is 11.6 Å². The number of nitrogens with two attached hydrogens (primary N) is 1. The van der Waals surface area contributed by atoms with E-state index in [1.54, 1.807) is 0 Å². The zero-order chi connectivity index (χ0) is 13.2. The molecule has 0 aliphatic carbocycles. The smallest absolute Gasteiger partial charge is 0.176 e. The van der Waals surface area contributed by atoms with Gasteiger partial charge in [0.25, 0.3) is 0 Å². The number of aromatic nitrogens is 1. The minimum atomic E-state index is 0.376. The topological polar surface area (TPSA) is 52.0 Å². The van der Waals surface area contributed by atoms with Gasteiger partial charge in [0.1, 0.15) is 0 Å². The minimum absolute atomic E-state index is 0.376. The van der Waals surface area contributed by atoms with Gasteiger partial charge in [-0.1, -0.05) is 59.2 Å². The van der Waals surface area contributed by atoms with Crippen molar-refractivity contribution in [1.82, 2.24) is 5.16 Å². The highest BCUT2D eigenvalue weighted by atomic mass is 35.5. The third kappa shape index (κ3) is 2.20. The number of benzene rings is 2. The second kappa shape index (κ2) is 4.78. The molecule has 1 aromatic heterocycles. The van der Waals surface area contributed by atoms with E-state index in [1.165, 1.54) is 0 Å². The Labute approximate surface area is 115 Å². The van der Waals surface area contributed by atoms with Gasteiger partial charge in [0.2, 0.25) is 0 Å². The highest BCUT2D eigenvalue weighted by molar-refractivity contribution is 6.30. The Kier molecular flexibility index (Phi) is 2.97. The van der Waals surface area contributed by atoms with Crippen molar-refractivity contribution in [2.45, 2.75) is 0 Å². The monoisotopic (exact) mass is 270 g/mol. The van der Waals surface area contributed by atoms with Crippen LogP contribution in [0.2, 0.25) is 5.02 Å². The lowest BCUT2D eigenvalue weighted by Gasteiger charge is -2.02. The Morgan fingerprint density at radius 2 is 1.58 bits per heavy atom. The molecule has 0 spiro atoms. The summed E-state index contributed by atoms with van der Waals surface area (Å²) in [5, 5.41) is 4.54. The highest BCUT2D eigenvalue weighted by Crippen LogP contribution is 2.36. The molecule has 0 unspecified atom stereocenters. The Bertz CT molecular complexity index is 690. The van der Waals surface area contributed by atoms with E-state index in [9.17, 15) is 0 Å². The fourth-order valence-corrected chi connectivity index (χ4v) is 2.11. The van der Waals surface area contributed by atoms with Crippen LogP contribution in [0, 0.1) is 0 Å². The number of rotatable bonds is 2. The molecular formula is C15H11ClN2O. The average Bonchev–Trinajstić information content (AvgIpc) is 2.83. The summed E-state index contributed by atoms with van der Waals surface area (Å²) in [7, 11) is 0. The lowest BCUT2D eigenvalue weighted by Crippen LogP contribution is -1.88. The van der Waals surface area contributed by atoms with Crippen molar-refractivity contribution in [1.29, 1.82) is 0 Å². The predicted molar refractivity (Wildman–Crippen MR) is 76.8 cm³/mol. The van der Waals surface area contributed by atoms with Crippen molar-refractivity contribution in [3.8, 4) is 22.5 Å². The van der Waals surface area contributed by atoms with Gasteiger partial charge in [0.05, 0.1) is 5.56 Å². The fourth-order valence-electron chi connectivity index (χ4n) is 1.98. The molecule has 2 N–H and O–H groups in total. The van der Waals surface area contributed by atoms with E-state index in [0.717, 1.165) is 16.7 Å². The summed E-state index contributed by atoms with van der Waals surface area (Å²) >= 11 is 5.90. The summed E-state index contributed by atoms with van der Waals surface area (Å²) in [6.07, 6.45) is 0. The fraction of sp³-hybridized carbons (Fsp3) is 0. The number of hydrogen-bond acceptors (Lipinski definition) is 3. The van der Waals surface area contributed by atoms with Gasteiger partial charge in [-0.15, -0.1) is 0 Å². The molecule has 0 aliphatic heterocycles. The molecule has 0 saturated carbocycles. The zero-order valence-electron chi connectivity index (χ0n) is 10.0. The largest absolute Gasteiger partial charge is 0.380 e.